The first kappa shape index (κ1) is 31.1. The highest BCUT2D eigenvalue weighted by Crippen LogP contribution is 2.23. The summed E-state index contributed by atoms with van der Waals surface area (Å²) in [6.07, 6.45) is 1.81. The van der Waals surface area contributed by atoms with E-state index in [0.717, 1.165) is 12.0 Å². The molecule has 1 aliphatic rings. The highest BCUT2D eigenvalue weighted by Gasteiger charge is 2.35. The van der Waals surface area contributed by atoms with Gasteiger partial charge in [0, 0.05) is 25.6 Å². The molecule has 212 valence electrons. The number of hydrogen-bond donors (Lipinski definition) is 3. The maximum atomic E-state index is 13.5. The molecule has 10 heteroatoms. The van der Waals surface area contributed by atoms with Crippen LogP contribution in [0, 0.1) is 11.8 Å². The fourth-order valence-corrected chi connectivity index (χ4v) is 4.19. The van der Waals surface area contributed by atoms with E-state index in [-0.39, 0.29) is 30.5 Å². The number of aromatic hydroxyl groups is 1. The summed E-state index contributed by atoms with van der Waals surface area (Å²) in [6.45, 7) is 9.48. The number of imide groups is 1. The van der Waals surface area contributed by atoms with E-state index in [9.17, 15) is 29.4 Å². The van der Waals surface area contributed by atoms with Gasteiger partial charge < -0.3 is 25.2 Å². The maximum Gasteiger partial charge on any atom is 0.410 e. The zero-order valence-corrected chi connectivity index (χ0v) is 23.2. The smallest absolute Gasteiger partial charge is 0.410 e. The van der Waals surface area contributed by atoms with E-state index in [1.807, 2.05) is 13.8 Å². The zero-order valence-electron chi connectivity index (χ0n) is 23.2. The van der Waals surface area contributed by atoms with Gasteiger partial charge in [-0.15, -0.1) is 0 Å². The van der Waals surface area contributed by atoms with Crippen molar-refractivity contribution in [3.63, 3.8) is 0 Å². The van der Waals surface area contributed by atoms with Crippen LogP contribution < -0.4 is 5.32 Å². The fourth-order valence-electron chi connectivity index (χ4n) is 4.19. The lowest BCUT2D eigenvalue weighted by Gasteiger charge is -2.35. The molecule has 10 nitrogen and oxygen atoms in total. The molecular formula is C28H43N3O7. The van der Waals surface area contributed by atoms with Crippen LogP contribution in [0.5, 0.6) is 5.75 Å². The minimum Gasteiger partial charge on any atom is -0.508 e. The van der Waals surface area contributed by atoms with E-state index < -0.39 is 42.1 Å². The number of urea groups is 1. The second kappa shape index (κ2) is 14.1. The third-order valence-electron chi connectivity index (χ3n) is 6.70. The Morgan fingerprint density at radius 3 is 2.26 bits per heavy atom. The van der Waals surface area contributed by atoms with Crippen molar-refractivity contribution in [2.75, 3.05) is 26.2 Å². The number of phenolic OH excluding ortho intramolecular Hbond substituents is 1. The lowest BCUT2D eigenvalue weighted by atomic mass is 9.95. The molecule has 4 amide bonds. The van der Waals surface area contributed by atoms with Gasteiger partial charge >= 0.3 is 12.1 Å². The number of aliphatic hydroxyl groups excluding tert-OH is 1. The van der Waals surface area contributed by atoms with Gasteiger partial charge in [-0.25, -0.2) is 9.59 Å². The average molecular weight is 534 g/mol. The SMILES string of the molecule is CC[C@H](C)CN(C(=O)N[C@@H](CCc1ccc(O)cc1)C(=O)CO)C(=O)C1CCN(C(=O)OC(C)(C)C)CC1. The van der Waals surface area contributed by atoms with Gasteiger partial charge in [0.15, 0.2) is 5.78 Å². The topological polar surface area (TPSA) is 136 Å². The number of likely N-dealkylation sites (tertiary alicyclic amines) is 1. The Bertz CT molecular complexity index is 950. The van der Waals surface area contributed by atoms with Gasteiger partial charge in [-0.2, -0.15) is 0 Å². The van der Waals surface area contributed by atoms with Crippen molar-refractivity contribution < 1.29 is 34.1 Å². The third-order valence-corrected chi connectivity index (χ3v) is 6.70. The van der Waals surface area contributed by atoms with Gasteiger partial charge in [0.2, 0.25) is 5.91 Å². The Hall–Kier alpha value is -3.14. The number of nitrogens with zero attached hydrogens (tertiary/aromatic N) is 2. The van der Waals surface area contributed by atoms with Crippen LogP contribution >= 0.6 is 0 Å². The van der Waals surface area contributed by atoms with Crippen LogP contribution in [0.3, 0.4) is 0 Å². The summed E-state index contributed by atoms with van der Waals surface area (Å²) in [7, 11) is 0. The quantitative estimate of drug-likeness (QED) is 0.419. The van der Waals surface area contributed by atoms with E-state index in [1.165, 1.54) is 17.0 Å². The molecule has 0 spiro atoms. The van der Waals surface area contributed by atoms with Gasteiger partial charge in [-0.05, 0) is 70.1 Å². The predicted molar refractivity (Wildman–Crippen MR) is 143 cm³/mol. The Balaban J connectivity index is 2.08. The molecule has 1 aromatic carbocycles. The number of phenols is 1. The van der Waals surface area contributed by atoms with Crippen LogP contribution in [0.1, 0.15) is 65.9 Å². The standard InChI is InChI=1S/C28H43N3O7/c1-6-19(2)17-31(25(35)21-13-15-30(16-14-21)27(37)38-28(3,4)5)26(36)29-23(24(34)18-32)12-9-20-7-10-22(33)11-8-20/h7-8,10-11,19,21,23,32-33H,6,9,12-18H2,1-5H3,(H,29,36)/t19-,23-/m0/s1. The van der Waals surface area contributed by atoms with Crippen molar-refractivity contribution in [2.24, 2.45) is 11.8 Å². The van der Waals surface area contributed by atoms with Crippen LogP contribution in [-0.4, -0.2) is 81.7 Å². The summed E-state index contributed by atoms with van der Waals surface area (Å²) < 4.78 is 5.43. The average Bonchev–Trinajstić information content (AvgIpc) is 2.88. The molecule has 1 saturated heterocycles. The first-order valence-electron chi connectivity index (χ1n) is 13.4. The van der Waals surface area contributed by atoms with E-state index in [0.29, 0.717) is 32.4 Å². The molecule has 1 heterocycles. The monoisotopic (exact) mass is 533 g/mol. The summed E-state index contributed by atoms with van der Waals surface area (Å²) in [5.41, 5.74) is 0.247. The van der Waals surface area contributed by atoms with Gasteiger partial charge in [0.25, 0.3) is 0 Å². The number of benzene rings is 1. The predicted octanol–water partition coefficient (Wildman–Crippen LogP) is 3.49. The first-order chi connectivity index (χ1) is 17.8. The minimum absolute atomic E-state index is 0.0514. The minimum atomic E-state index is -0.970. The normalized spacial score (nSPS) is 15.9. The van der Waals surface area contributed by atoms with Crippen LogP contribution in [0.4, 0.5) is 9.59 Å². The van der Waals surface area contributed by atoms with Crippen molar-refractivity contribution >= 4 is 23.8 Å². The van der Waals surface area contributed by atoms with Crippen LogP contribution in [0.2, 0.25) is 0 Å². The Morgan fingerprint density at radius 1 is 1.13 bits per heavy atom. The van der Waals surface area contributed by atoms with Gasteiger partial charge in [-0.1, -0.05) is 32.4 Å². The van der Waals surface area contributed by atoms with Crippen molar-refractivity contribution in [1.29, 1.82) is 0 Å². The second-order valence-corrected chi connectivity index (χ2v) is 11.0. The fraction of sp³-hybridized carbons (Fsp3) is 0.643. The van der Waals surface area contributed by atoms with Gasteiger partial charge in [-0.3, -0.25) is 14.5 Å². The lowest BCUT2D eigenvalue weighted by Crippen LogP contribution is -2.54. The molecule has 38 heavy (non-hydrogen) atoms. The molecule has 1 fully saturated rings. The summed E-state index contributed by atoms with van der Waals surface area (Å²) in [6, 6.07) is 4.89. The molecule has 0 bridgehead atoms. The largest absolute Gasteiger partial charge is 0.508 e. The van der Waals surface area contributed by atoms with Gasteiger partial charge in [0.1, 0.15) is 18.0 Å². The number of ketones is 1. The number of aryl methyl sites for hydroxylation is 1. The number of piperidine rings is 1. The molecule has 1 aliphatic heterocycles. The van der Waals surface area contributed by atoms with Crippen molar-refractivity contribution in [3.8, 4) is 5.75 Å². The molecule has 0 unspecified atom stereocenters. The van der Waals surface area contributed by atoms with E-state index in [2.05, 4.69) is 5.32 Å². The molecule has 0 saturated carbocycles. The maximum absolute atomic E-state index is 13.5. The summed E-state index contributed by atoms with van der Waals surface area (Å²) in [5, 5.41) is 21.6. The van der Waals surface area contributed by atoms with Gasteiger partial charge in [0.05, 0.1) is 6.04 Å². The number of Topliss-reactive ketones (excluding diaryl/α,β-unsaturated/α-hetero) is 1. The Kier molecular flexibility index (Phi) is 11.6. The van der Waals surface area contributed by atoms with Crippen LogP contribution in [0.25, 0.3) is 0 Å². The summed E-state index contributed by atoms with van der Waals surface area (Å²) >= 11 is 0. The Labute approximate surface area is 225 Å². The first-order valence-corrected chi connectivity index (χ1v) is 13.4. The number of aliphatic hydroxyl groups is 1. The number of amides is 4. The lowest BCUT2D eigenvalue weighted by molar-refractivity contribution is -0.135. The number of rotatable bonds is 10. The highest BCUT2D eigenvalue weighted by molar-refractivity contribution is 5.98. The number of nitrogens with one attached hydrogen (secondary N) is 1. The summed E-state index contributed by atoms with van der Waals surface area (Å²) in [4.78, 5) is 54.4. The number of carbonyl (C=O) groups is 4. The van der Waals surface area contributed by atoms with Crippen molar-refractivity contribution in [3.05, 3.63) is 29.8 Å². The molecular weight excluding hydrogens is 490 g/mol. The van der Waals surface area contributed by atoms with Crippen LogP contribution in [0.15, 0.2) is 24.3 Å². The number of ether oxygens (including phenoxy) is 1. The second-order valence-electron chi connectivity index (χ2n) is 11.0. The number of hydrogen-bond acceptors (Lipinski definition) is 7. The Morgan fingerprint density at radius 2 is 1.74 bits per heavy atom. The molecule has 2 rings (SSSR count). The van der Waals surface area contributed by atoms with E-state index in [1.54, 1.807) is 37.8 Å². The zero-order chi connectivity index (χ0) is 28.5. The molecule has 2 atom stereocenters. The number of carbonyl (C=O) groups excluding carboxylic acids is 4. The van der Waals surface area contributed by atoms with E-state index in [4.69, 9.17) is 4.74 Å². The molecule has 3 N–H and O–H groups in total. The molecule has 1 aromatic rings. The van der Waals surface area contributed by atoms with Crippen molar-refractivity contribution in [1.82, 2.24) is 15.1 Å². The third kappa shape index (κ3) is 9.63. The van der Waals surface area contributed by atoms with Crippen molar-refractivity contribution in [2.45, 2.75) is 78.4 Å². The van der Waals surface area contributed by atoms with Crippen LogP contribution in [-0.2, 0) is 20.7 Å². The summed E-state index contributed by atoms with van der Waals surface area (Å²) in [5.74, 6) is -1.14. The molecule has 0 radical (unpaired) electrons. The molecule has 0 aliphatic carbocycles. The van der Waals surface area contributed by atoms with E-state index >= 15 is 0 Å². The molecule has 0 aromatic heterocycles. The highest BCUT2D eigenvalue weighted by atomic mass is 16.6.